The fourth-order valence-corrected chi connectivity index (χ4v) is 6.05. The van der Waals surface area contributed by atoms with Crippen LogP contribution in [0.25, 0.3) is 0 Å². The van der Waals surface area contributed by atoms with Gasteiger partial charge in [0.1, 0.15) is 15.5 Å². The molecule has 204 valence electrons. The van der Waals surface area contributed by atoms with E-state index in [1.54, 1.807) is 31.3 Å². The molecule has 3 aromatic rings. The van der Waals surface area contributed by atoms with Crippen molar-refractivity contribution >= 4 is 26.1 Å². The van der Waals surface area contributed by atoms with E-state index in [-0.39, 0.29) is 24.0 Å². The second kappa shape index (κ2) is 12.7. The predicted molar refractivity (Wildman–Crippen MR) is 140 cm³/mol. The van der Waals surface area contributed by atoms with Gasteiger partial charge in [-0.3, -0.25) is 9.82 Å². The van der Waals surface area contributed by atoms with E-state index in [0.29, 0.717) is 17.7 Å². The molecule has 0 spiro atoms. The number of nitrogens with one attached hydrogen (secondary N) is 1. The van der Waals surface area contributed by atoms with Crippen LogP contribution in [0.4, 0.5) is 0 Å². The Labute approximate surface area is 222 Å². The molecule has 0 aliphatic carbocycles. The summed E-state index contributed by atoms with van der Waals surface area (Å²) in [6, 6.07) is 12.9. The summed E-state index contributed by atoms with van der Waals surface area (Å²) < 4.78 is 59.5. The second-order valence-electron chi connectivity index (χ2n) is 8.11. The van der Waals surface area contributed by atoms with Gasteiger partial charge in [-0.2, -0.15) is 12.7 Å². The molecule has 0 saturated carbocycles. The summed E-state index contributed by atoms with van der Waals surface area (Å²) in [4.78, 5) is 13.3. The van der Waals surface area contributed by atoms with Crippen molar-refractivity contribution in [2.45, 2.75) is 36.6 Å². The van der Waals surface area contributed by atoms with Crippen molar-refractivity contribution in [2.75, 3.05) is 13.7 Å². The van der Waals surface area contributed by atoms with Crippen LogP contribution in [0.15, 0.2) is 81.9 Å². The van der Waals surface area contributed by atoms with E-state index in [4.69, 9.17) is 19.6 Å². The lowest BCUT2D eigenvalue weighted by molar-refractivity contribution is 0.0824. The van der Waals surface area contributed by atoms with E-state index >= 15 is 0 Å². The number of sulfonamides is 1. The van der Waals surface area contributed by atoms with Crippen molar-refractivity contribution < 1.29 is 30.7 Å². The van der Waals surface area contributed by atoms with Gasteiger partial charge in [-0.15, -0.1) is 0 Å². The normalized spacial score (nSPS) is 12.4. The first-order valence-corrected chi connectivity index (χ1v) is 14.3. The fraction of sp³-hybridized carbons (Fsp3) is 0.250. The van der Waals surface area contributed by atoms with E-state index in [1.165, 1.54) is 49.6 Å². The summed E-state index contributed by atoms with van der Waals surface area (Å²) in [5.41, 5.74) is 9.27. The Morgan fingerprint density at radius 3 is 2.45 bits per heavy atom. The highest BCUT2D eigenvalue weighted by molar-refractivity contribution is 7.91. The Kier molecular flexibility index (Phi) is 9.63. The molecule has 1 heterocycles. The van der Waals surface area contributed by atoms with E-state index < -0.39 is 29.9 Å². The molecule has 0 aliphatic rings. The zero-order chi connectivity index (χ0) is 27.8. The van der Waals surface area contributed by atoms with Crippen LogP contribution in [-0.4, -0.2) is 45.7 Å². The van der Waals surface area contributed by atoms with Crippen LogP contribution in [0.2, 0.25) is 0 Å². The predicted octanol–water partition coefficient (Wildman–Crippen LogP) is 2.52. The molecule has 0 bridgehead atoms. The average Bonchev–Trinajstić information content (AvgIpc) is 2.87. The summed E-state index contributed by atoms with van der Waals surface area (Å²) in [6.45, 7) is 4.01. The number of hydrogen-bond donors (Lipinski definition) is 2. The van der Waals surface area contributed by atoms with Crippen molar-refractivity contribution in [2.24, 2.45) is 10.9 Å². The summed E-state index contributed by atoms with van der Waals surface area (Å²) in [6.07, 6.45) is 3.86. The summed E-state index contributed by atoms with van der Waals surface area (Å²) in [5.74, 6) is -0.128. The largest absolute Gasteiger partial charge is 0.379 e. The van der Waals surface area contributed by atoms with E-state index in [2.05, 4.69) is 15.6 Å². The molecule has 2 aromatic carbocycles. The van der Waals surface area contributed by atoms with Crippen LogP contribution < -0.4 is 20.2 Å². The molecule has 0 saturated heterocycles. The van der Waals surface area contributed by atoms with Gasteiger partial charge in [0.25, 0.3) is 5.96 Å². The minimum atomic E-state index is -4.58. The van der Waals surface area contributed by atoms with Crippen molar-refractivity contribution in [1.82, 2.24) is 14.8 Å². The number of nitrogens with zero attached hydrogens (tertiary/aromatic N) is 3. The molecule has 1 aromatic heterocycles. The fourth-order valence-electron chi connectivity index (χ4n) is 3.21. The van der Waals surface area contributed by atoms with Crippen molar-refractivity contribution in [3.05, 3.63) is 78.1 Å². The molecule has 14 heteroatoms. The lowest BCUT2D eigenvalue weighted by atomic mass is 10.2. The van der Waals surface area contributed by atoms with Gasteiger partial charge < -0.3 is 14.8 Å². The van der Waals surface area contributed by atoms with Gasteiger partial charge in [0.15, 0.2) is 5.75 Å². The number of rotatable bonds is 12. The molecule has 3 N–H and O–H groups in total. The third-order valence-corrected chi connectivity index (χ3v) is 8.19. The first-order valence-electron chi connectivity index (χ1n) is 11.4. The van der Waals surface area contributed by atoms with Crippen molar-refractivity contribution in [3.8, 4) is 11.5 Å². The van der Waals surface area contributed by atoms with Gasteiger partial charge in [-0.05, 0) is 60.0 Å². The SMILES string of the molecule is CCCONC(N)=NOc1cc(C)cc(OS(=O)(=O)c2ccccc2S(=O)(=O)N(C)Cc2cccnc2)c1. The maximum atomic E-state index is 13.3. The van der Waals surface area contributed by atoms with Crippen LogP contribution in [-0.2, 0) is 31.5 Å². The molecule has 0 radical (unpaired) electrons. The smallest absolute Gasteiger partial charge is 0.340 e. The number of pyridine rings is 1. The van der Waals surface area contributed by atoms with Gasteiger partial charge in [0.2, 0.25) is 10.0 Å². The minimum Gasteiger partial charge on any atom is -0.379 e. The van der Waals surface area contributed by atoms with Gasteiger partial charge >= 0.3 is 10.1 Å². The van der Waals surface area contributed by atoms with Gasteiger partial charge in [0.05, 0.1) is 6.61 Å². The Balaban J connectivity index is 1.85. The van der Waals surface area contributed by atoms with Crippen LogP contribution in [0, 0.1) is 6.92 Å². The number of guanidine groups is 1. The van der Waals surface area contributed by atoms with Gasteiger partial charge in [-0.25, -0.2) is 13.9 Å². The summed E-state index contributed by atoms with van der Waals surface area (Å²) >= 11 is 0. The van der Waals surface area contributed by atoms with Crippen LogP contribution in [0.3, 0.4) is 0 Å². The van der Waals surface area contributed by atoms with E-state index in [0.717, 1.165) is 10.7 Å². The molecule has 3 rings (SSSR count). The molecule has 0 unspecified atom stereocenters. The van der Waals surface area contributed by atoms with Crippen LogP contribution >= 0.6 is 0 Å². The highest BCUT2D eigenvalue weighted by Gasteiger charge is 2.31. The standard InChI is InChI=1S/C24H29N5O7S2/c1-4-12-34-27-24(25)28-35-20-13-18(2)14-21(15-20)36-38(32,33)23-10-6-5-9-22(23)37(30,31)29(3)17-19-8-7-11-26-16-19/h5-11,13-16H,4,12,17H2,1-3H3,(H3,25,27,28). The number of oxime groups is 1. The zero-order valence-corrected chi connectivity index (χ0v) is 22.7. The second-order valence-corrected chi connectivity index (χ2v) is 11.6. The first kappa shape index (κ1) is 28.8. The number of benzene rings is 2. The molecule has 12 nitrogen and oxygen atoms in total. The van der Waals surface area contributed by atoms with Crippen molar-refractivity contribution in [3.63, 3.8) is 0 Å². The third kappa shape index (κ3) is 7.64. The van der Waals surface area contributed by atoms with Gasteiger partial charge in [-0.1, -0.05) is 25.1 Å². The molecule has 38 heavy (non-hydrogen) atoms. The van der Waals surface area contributed by atoms with E-state index in [9.17, 15) is 16.8 Å². The Morgan fingerprint density at radius 1 is 1.05 bits per heavy atom. The van der Waals surface area contributed by atoms with E-state index in [1.807, 2.05) is 6.92 Å². The van der Waals surface area contributed by atoms with Gasteiger partial charge in [0, 0.05) is 32.1 Å². The van der Waals surface area contributed by atoms with Crippen LogP contribution in [0.1, 0.15) is 24.5 Å². The minimum absolute atomic E-state index is 0.00795. The number of hydroxylamine groups is 1. The number of aryl methyl sites for hydroxylation is 1. The molecular weight excluding hydrogens is 534 g/mol. The number of aromatic nitrogens is 1. The maximum absolute atomic E-state index is 13.3. The molecule has 0 amide bonds. The monoisotopic (exact) mass is 563 g/mol. The molecule has 0 aliphatic heterocycles. The quantitative estimate of drug-likeness (QED) is 0.110. The molecule has 0 atom stereocenters. The van der Waals surface area contributed by atoms with Crippen LogP contribution in [0.5, 0.6) is 11.5 Å². The number of hydrogen-bond acceptors (Lipinski definition) is 9. The van der Waals surface area contributed by atoms with Crippen molar-refractivity contribution in [1.29, 1.82) is 0 Å². The highest BCUT2D eigenvalue weighted by Crippen LogP contribution is 2.29. The number of nitrogens with two attached hydrogens (primary N) is 1. The topological polar surface area (TPSA) is 163 Å². The highest BCUT2D eigenvalue weighted by atomic mass is 32.2. The Bertz CT molecular complexity index is 1480. The molecule has 0 fully saturated rings. The third-order valence-electron chi connectivity index (χ3n) is 4.90. The lowest BCUT2D eigenvalue weighted by Crippen LogP contribution is -2.32. The summed E-state index contributed by atoms with van der Waals surface area (Å²) in [5, 5.41) is 3.67. The lowest BCUT2D eigenvalue weighted by Gasteiger charge is -2.19. The Hall–Kier alpha value is -3.72. The zero-order valence-electron chi connectivity index (χ0n) is 21.1. The Morgan fingerprint density at radius 2 is 1.76 bits per heavy atom. The molecular formula is C24H29N5O7S2. The average molecular weight is 564 g/mol. The summed E-state index contributed by atoms with van der Waals surface area (Å²) in [7, 11) is -7.44. The maximum Gasteiger partial charge on any atom is 0.340 e. The first-order chi connectivity index (χ1) is 18.0.